The van der Waals surface area contributed by atoms with E-state index in [9.17, 15) is 0 Å². The van der Waals surface area contributed by atoms with Gasteiger partial charge in [0, 0.05) is 25.1 Å². The molecule has 1 heterocycles. The monoisotopic (exact) mass is 277 g/mol. The van der Waals surface area contributed by atoms with E-state index in [0.29, 0.717) is 6.10 Å². The topological polar surface area (TPSA) is 30.5 Å². The molecule has 1 aromatic carbocycles. The molecule has 0 radical (unpaired) electrons. The first-order valence-corrected chi connectivity index (χ1v) is 7.61. The van der Waals surface area contributed by atoms with Crippen LogP contribution in [0.25, 0.3) is 0 Å². The standard InChI is InChI=1S/C17H27NO2/c1-17(2,3)18-13-14-6-8-16(9-7-14)20-12-10-15-5-4-11-19-15/h6-9,15,18H,4-5,10-13H2,1-3H3. The normalized spacial score (nSPS) is 19.2. The summed E-state index contributed by atoms with van der Waals surface area (Å²) in [6, 6.07) is 8.35. The van der Waals surface area contributed by atoms with E-state index >= 15 is 0 Å². The van der Waals surface area contributed by atoms with Crippen molar-refractivity contribution in [2.45, 2.75) is 58.2 Å². The van der Waals surface area contributed by atoms with Gasteiger partial charge in [0.1, 0.15) is 5.75 Å². The molecule has 3 nitrogen and oxygen atoms in total. The minimum Gasteiger partial charge on any atom is -0.493 e. The second-order valence-electron chi connectivity index (χ2n) is 6.52. The molecule has 0 saturated carbocycles. The maximum Gasteiger partial charge on any atom is 0.119 e. The van der Waals surface area contributed by atoms with Crippen LogP contribution in [0.3, 0.4) is 0 Å². The van der Waals surface area contributed by atoms with Crippen LogP contribution in [-0.2, 0) is 11.3 Å². The minimum absolute atomic E-state index is 0.149. The van der Waals surface area contributed by atoms with Crippen LogP contribution in [0.2, 0.25) is 0 Å². The Morgan fingerprint density at radius 1 is 1.25 bits per heavy atom. The van der Waals surface area contributed by atoms with Crippen LogP contribution < -0.4 is 10.1 Å². The van der Waals surface area contributed by atoms with Gasteiger partial charge in [0.25, 0.3) is 0 Å². The number of rotatable bonds is 6. The van der Waals surface area contributed by atoms with Gasteiger partial charge in [-0.25, -0.2) is 0 Å². The molecule has 0 bridgehead atoms. The van der Waals surface area contributed by atoms with E-state index < -0.39 is 0 Å². The SMILES string of the molecule is CC(C)(C)NCc1ccc(OCCC2CCCO2)cc1. The van der Waals surface area contributed by atoms with Gasteiger partial charge in [-0.2, -0.15) is 0 Å². The highest BCUT2D eigenvalue weighted by Crippen LogP contribution is 2.17. The molecule has 2 rings (SSSR count). The fourth-order valence-electron chi connectivity index (χ4n) is 2.25. The number of nitrogens with one attached hydrogen (secondary N) is 1. The lowest BCUT2D eigenvalue weighted by atomic mass is 10.1. The number of benzene rings is 1. The van der Waals surface area contributed by atoms with Crippen LogP contribution in [0.15, 0.2) is 24.3 Å². The average Bonchev–Trinajstić information content (AvgIpc) is 2.90. The van der Waals surface area contributed by atoms with Crippen LogP contribution in [0.4, 0.5) is 0 Å². The Morgan fingerprint density at radius 3 is 2.60 bits per heavy atom. The molecule has 1 fully saturated rings. The Morgan fingerprint density at radius 2 is 2.00 bits per heavy atom. The van der Waals surface area contributed by atoms with Crippen LogP contribution in [0, 0.1) is 0 Å². The second kappa shape index (κ2) is 7.09. The van der Waals surface area contributed by atoms with Crippen LogP contribution >= 0.6 is 0 Å². The lowest BCUT2D eigenvalue weighted by Gasteiger charge is -2.20. The van der Waals surface area contributed by atoms with Crippen molar-refractivity contribution in [2.75, 3.05) is 13.2 Å². The fourth-order valence-corrected chi connectivity index (χ4v) is 2.25. The van der Waals surface area contributed by atoms with Crippen molar-refractivity contribution in [2.24, 2.45) is 0 Å². The summed E-state index contributed by atoms with van der Waals surface area (Å²) in [6.45, 7) is 9.07. The van der Waals surface area contributed by atoms with E-state index in [2.05, 4.69) is 50.4 Å². The van der Waals surface area contributed by atoms with Crippen LogP contribution in [-0.4, -0.2) is 24.9 Å². The summed E-state index contributed by atoms with van der Waals surface area (Å²) in [5.74, 6) is 0.947. The van der Waals surface area contributed by atoms with E-state index in [0.717, 1.165) is 31.9 Å². The molecule has 1 atom stereocenters. The van der Waals surface area contributed by atoms with Crippen molar-refractivity contribution in [3.8, 4) is 5.75 Å². The lowest BCUT2D eigenvalue weighted by molar-refractivity contribution is 0.0903. The number of hydrogen-bond donors (Lipinski definition) is 1. The molecule has 1 aromatic rings. The van der Waals surface area contributed by atoms with Crippen molar-refractivity contribution in [3.63, 3.8) is 0 Å². The summed E-state index contributed by atoms with van der Waals surface area (Å²) in [5.41, 5.74) is 1.43. The van der Waals surface area contributed by atoms with Gasteiger partial charge in [0.05, 0.1) is 12.7 Å². The van der Waals surface area contributed by atoms with E-state index in [1.54, 1.807) is 0 Å². The lowest BCUT2D eigenvalue weighted by Crippen LogP contribution is -2.35. The first-order valence-electron chi connectivity index (χ1n) is 7.61. The Bertz CT molecular complexity index is 388. The third-order valence-electron chi connectivity index (χ3n) is 3.48. The summed E-state index contributed by atoms with van der Waals surface area (Å²) >= 11 is 0. The van der Waals surface area contributed by atoms with Gasteiger partial charge in [0.15, 0.2) is 0 Å². The summed E-state index contributed by atoms with van der Waals surface area (Å²) in [5, 5.41) is 3.48. The molecule has 0 spiro atoms. The molecule has 1 saturated heterocycles. The summed E-state index contributed by atoms with van der Waals surface area (Å²) in [7, 11) is 0. The van der Waals surface area contributed by atoms with Gasteiger partial charge < -0.3 is 14.8 Å². The fraction of sp³-hybridized carbons (Fsp3) is 0.647. The third kappa shape index (κ3) is 5.51. The predicted octanol–water partition coefficient (Wildman–Crippen LogP) is 3.52. The van der Waals surface area contributed by atoms with Gasteiger partial charge >= 0.3 is 0 Å². The molecule has 0 aliphatic carbocycles. The first kappa shape index (κ1) is 15.3. The molecule has 1 unspecified atom stereocenters. The minimum atomic E-state index is 0.149. The quantitative estimate of drug-likeness (QED) is 0.863. The molecule has 0 amide bonds. The van der Waals surface area contributed by atoms with Gasteiger partial charge in [-0.1, -0.05) is 12.1 Å². The zero-order valence-electron chi connectivity index (χ0n) is 12.9. The van der Waals surface area contributed by atoms with Gasteiger partial charge in [-0.15, -0.1) is 0 Å². The van der Waals surface area contributed by atoms with E-state index in [1.807, 2.05) is 0 Å². The molecular formula is C17H27NO2. The Kier molecular flexibility index (Phi) is 5.44. The Balaban J connectivity index is 1.70. The van der Waals surface area contributed by atoms with E-state index in [4.69, 9.17) is 9.47 Å². The highest BCUT2D eigenvalue weighted by Gasteiger charge is 2.15. The second-order valence-corrected chi connectivity index (χ2v) is 6.52. The van der Waals surface area contributed by atoms with Crippen molar-refractivity contribution < 1.29 is 9.47 Å². The molecular weight excluding hydrogens is 250 g/mol. The van der Waals surface area contributed by atoms with Gasteiger partial charge in [0.2, 0.25) is 0 Å². The number of hydrogen-bond acceptors (Lipinski definition) is 3. The zero-order chi connectivity index (χ0) is 14.4. The Hall–Kier alpha value is -1.06. The molecule has 1 aliphatic heterocycles. The van der Waals surface area contributed by atoms with Crippen molar-refractivity contribution >= 4 is 0 Å². The Labute approximate surface area is 122 Å². The molecule has 1 N–H and O–H groups in total. The largest absolute Gasteiger partial charge is 0.493 e. The maximum atomic E-state index is 5.77. The van der Waals surface area contributed by atoms with Gasteiger partial charge in [-0.3, -0.25) is 0 Å². The molecule has 20 heavy (non-hydrogen) atoms. The first-order chi connectivity index (χ1) is 9.53. The molecule has 3 heteroatoms. The van der Waals surface area contributed by atoms with Crippen molar-refractivity contribution in [3.05, 3.63) is 29.8 Å². The zero-order valence-corrected chi connectivity index (χ0v) is 12.9. The average molecular weight is 277 g/mol. The summed E-state index contributed by atoms with van der Waals surface area (Å²) < 4.78 is 11.4. The van der Waals surface area contributed by atoms with Gasteiger partial charge in [-0.05, 0) is 51.3 Å². The highest BCUT2D eigenvalue weighted by atomic mass is 16.5. The molecule has 1 aliphatic rings. The predicted molar refractivity (Wildman–Crippen MR) is 82.1 cm³/mol. The summed E-state index contributed by atoms with van der Waals surface area (Å²) in [6.07, 6.45) is 3.78. The van der Waals surface area contributed by atoms with Crippen molar-refractivity contribution in [1.82, 2.24) is 5.32 Å². The van der Waals surface area contributed by atoms with E-state index in [1.165, 1.54) is 18.4 Å². The number of ether oxygens (including phenoxy) is 2. The van der Waals surface area contributed by atoms with Crippen LogP contribution in [0.5, 0.6) is 5.75 Å². The summed E-state index contributed by atoms with van der Waals surface area (Å²) in [4.78, 5) is 0. The highest BCUT2D eigenvalue weighted by molar-refractivity contribution is 5.27. The van der Waals surface area contributed by atoms with Crippen molar-refractivity contribution in [1.29, 1.82) is 0 Å². The smallest absolute Gasteiger partial charge is 0.119 e. The van der Waals surface area contributed by atoms with E-state index in [-0.39, 0.29) is 5.54 Å². The molecule has 0 aromatic heterocycles. The van der Waals surface area contributed by atoms with Crippen LogP contribution in [0.1, 0.15) is 45.6 Å². The maximum absolute atomic E-state index is 5.77. The third-order valence-corrected chi connectivity index (χ3v) is 3.48. The molecule has 112 valence electrons.